The standard InChI is InChI=1S/C17H14N2/c1-13-7-2-3-8-14(13)15-9-4-5-10-16(15)17-18-11-6-12-19-17/h2-12H,1H3. The van der Waals surface area contributed by atoms with Crippen LogP contribution in [-0.2, 0) is 0 Å². The fourth-order valence-corrected chi connectivity index (χ4v) is 2.23. The van der Waals surface area contributed by atoms with E-state index in [0.717, 1.165) is 11.4 Å². The Morgan fingerprint density at radius 3 is 1.89 bits per heavy atom. The SMILES string of the molecule is Cc1ccccc1-c1ccccc1-c1ncccn1. The minimum atomic E-state index is 0.765. The van der Waals surface area contributed by atoms with Crippen molar-refractivity contribution in [2.75, 3.05) is 0 Å². The predicted molar refractivity (Wildman–Crippen MR) is 77.6 cm³/mol. The second-order valence-electron chi connectivity index (χ2n) is 4.43. The largest absolute Gasteiger partial charge is 0.237 e. The smallest absolute Gasteiger partial charge is 0.159 e. The lowest BCUT2D eigenvalue weighted by atomic mass is 9.96. The second kappa shape index (κ2) is 5.02. The fraction of sp³-hybridized carbons (Fsp3) is 0.0588. The van der Waals surface area contributed by atoms with Crippen LogP contribution in [-0.4, -0.2) is 9.97 Å². The summed E-state index contributed by atoms with van der Waals surface area (Å²) in [5.74, 6) is 0.765. The predicted octanol–water partition coefficient (Wildman–Crippen LogP) is 4.12. The number of aromatic nitrogens is 2. The number of rotatable bonds is 2. The van der Waals surface area contributed by atoms with E-state index in [1.54, 1.807) is 12.4 Å². The van der Waals surface area contributed by atoms with Crippen LogP contribution in [0.5, 0.6) is 0 Å². The molecule has 0 radical (unpaired) electrons. The van der Waals surface area contributed by atoms with Crippen molar-refractivity contribution in [3.8, 4) is 22.5 Å². The highest BCUT2D eigenvalue weighted by Crippen LogP contribution is 2.31. The summed E-state index contributed by atoms with van der Waals surface area (Å²) in [4.78, 5) is 8.71. The first-order valence-electron chi connectivity index (χ1n) is 6.28. The van der Waals surface area contributed by atoms with Gasteiger partial charge in [-0.15, -0.1) is 0 Å². The van der Waals surface area contributed by atoms with E-state index in [4.69, 9.17) is 0 Å². The molecule has 2 aromatic carbocycles. The molecule has 0 aliphatic rings. The third-order valence-corrected chi connectivity index (χ3v) is 3.17. The van der Waals surface area contributed by atoms with Crippen LogP contribution in [0.25, 0.3) is 22.5 Å². The number of nitrogens with zero attached hydrogens (tertiary/aromatic N) is 2. The summed E-state index contributed by atoms with van der Waals surface area (Å²) in [6, 6.07) is 18.5. The molecule has 0 bridgehead atoms. The molecule has 2 nitrogen and oxygen atoms in total. The molecule has 0 saturated heterocycles. The minimum Gasteiger partial charge on any atom is -0.237 e. The summed E-state index contributed by atoms with van der Waals surface area (Å²) in [5.41, 5.74) is 4.72. The molecule has 1 aromatic heterocycles. The summed E-state index contributed by atoms with van der Waals surface area (Å²) in [5, 5.41) is 0. The highest BCUT2D eigenvalue weighted by atomic mass is 14.8. The van der Waals surface area contributed by atoms with Gasteiger partial charge in [-0.1, -0.05) is 48.5 Å². The Morgan fingerprint density at radius 2 is 1.21 bits per heavy atom. The maximum absolute atomic E-state index is 4.35. The van der Waals surface area contributed by atoms with E-state index in [1.807, 2.05) is 18.2 Å². The van der Waals surface area contributed by atoms with Crippen molar-refractivity contribution in [1.29, 1.82) is 0 Å². The van der Waals surface area contributed by atoms with Gasteiger partial charge in [0, 0.05) is 18.0 Å². The van der Waals surface area contributed by atoms with Crippen LogP contribution in [0.3, 0.4) is 0 Å². The van der Waals surface area contributed by atoms with Gasteiger partial charge in [0.1, 0.15) is 0 Å². The van der Waals surface area contributed by atoms with Gasteiger partial charge in [0.05, 0.1) is 0 Å². The topological polar surface area (TPSA) is 25.8 Å². The molecule has 0 aliphatic heterocycles. The van der Waals surface area contributed by atoms with Gasteiger partial charge in [0.15, 0.2) is 5.82 Å². The summed E-state index contributed by atoms with van der Waals surface area (Å²) in [6.45, 7) is 2.12. The quantitative estimate of drug-likeness (QED) is 0.679. The van der Waals surface area contributed by atoms with E-state index in [2.05, 4.69) is 53.3 Å². The molecule has 0 saturated carbocycles. The maximum Gasteiger partial charge on any atom is 0.159 e. The Balaban J connectivity index is 2.21. The molecule has 0 atom stereocenters. The van der Waals surface area contributed by atoms with E-state index in [0.29, 0.717) is 0 Å². The van der Waals surface area contributed by atoms with Crippen LogP contribution in [0.4, 0.5) is 0 Å². The van der Waals surface area contributed by atoms with Crippen molar-refractivity contribution in [3.05, 3.63) is 72.6 Å². The summed E-state index contributed by atoms with van der Waals surface area (Å²) in [7, 11) is 0. The molecule has 19 heavy (non-hydrogen) atoms. The van der Waals surface area contributed by atoms with Crippen LogP contribution >= 0.6 is 0 Å². The van der Waals surface area contributed by atoms with E-state index < -0.39 is 0 Å². The third kappa shape index (κ3) is 2.25. The first kappa shape index (κ1) is 11.6. The zero-order chi connectivity index (χ0) is 13.1. The molecule has 0 amide bonds. The van der Waals surface area contributed by atoms with Crippen molar-refractivity contribution in [3.63, 3.8) is 0 Å². The average molecular weight is 246 g/mol. The normalized spacial score (nSPS) is 10.4. The summed E-state index contributed by atoms with van der Waals surface area (Å²) < 4.78 is 0. The second-order valence-corrected chi connectivity index (χ2v) is 4.43. The maximum atomic E-state index is 4.35. The Hall–Kier alpha value is -2.48. The lowest BCUT2D eigenvalue weighted by Gasteiger charge is -2.10. The van der Waals surface area contributed by atoms with E-state index in [9.17, 15) is 0 Å². The van der Waals surface area contributed by atoms with Crippen molar-refractivity contribution in [2.24, 2.45) is 0 Å². The van der Waals surface area contributed by atoms with Crippen LogP contribution in [0.2, 0.25) is 0 Å². The highest BCUT2D eigenvalue weighted by molar-refractivity contribution is 5.81. The molecule has 92 valence electrons. The fourth-order valence-electron chi connectivity index (χ4n) is 2.23. The number of hydrogen-bond acceptors (Lipinski definition) is 2. The van der Waals surface area contributed by atoms with Crippen molar-refractivity contribution in [2.45, 2.75) is 6.92 Å². The number of hydrogen-bond donors (Lipinski definition) is 0. The molecule has 2 heteroatoms. The van der Waals surface area contributed by atoms with Crippen LogP contribution in [0, 0.1) is 6.92 Å². The molecule has 1 heterocycles. The van der Waals surface area contributed by atoms with Gasteiger partial charge in [-0.05, 0) is 29.7 Å². The zero-order valence-electron chi connectivity index (χ0n) is 10.7. The molecular formula is C17H14N2. The molecule has 0 fully saturated rings. The van der Waals surface area contributed by atoms with E-state index in [-0.39, 0.29) is 0 Å². The summed E-state index contributed by atoms with van der Waals surface area (Å²) >= 11 is 0. The molecule has 3 aromatic rings. The molecule has 0 aliphatic carbocycles. The summed E-state index contributed by atoms with van der Waals surface area (Å²) in [6.07, 6.45) is 3.55. The van der Waals surface area contributed by atoms with E-state index >= 15 is 0 Å². The van der Waals surface area contributed by atoms with E-state index in [1.165, 1.54) is 16.7 Å². The Kier molecular flexibility index (Phi) is 3.07. The molecule has 0 N–H and O–H groups in total. The van der Waals surface area contributed by atoms with Gasteiger partial charge in [-0.2, -0.15) is 0 Å². The Labute approximate surface area is 112 Å². The van der Waals surface area contributed by atoms with Crippen LogP contribution in [0.1, 0.15) is 5.56 Å². The third-order valence-electron chi connectivity index (χ3n) is 3.17. The van der Waals surface area contributed by atoms with Gasteiger partial charge in [-0.25, -0.2) is 9.97 Å². The lowest BCUT2D eigenvalue weighted by Crippen LogP contribution is -1.91. The highest BCUT2D eigenvalue weighted by Gasteiger charge is 2.09. The molecule has 0 unspecified atom stereocenters. The molecule has 3 rings (SSSR count). The average Bonchev–Trinajstić information content (AvgIpc) is 2.49. The van der Waals surface area contributed by atoms with Crippen LogP contribution in [0.15, 0.2) is 67.0 Å². The number of benzene rings is 2. The van der Waals surface area contributed by atoms with Crippen molar-refractivity contribution >= 4 is 0 Å². The molecule has 0 spiro atoms. The van der Waals surface area contributed by atoms with Gasteiger partial charge in [0.2, 0.25) is 0 Å². The monoisotopic (exact) mass is 246 g/mol. The van der Waals surface area contributed by atoms with Gasteiger partial charge in [0.25, 0.3) is 0 Å². The minimum absolute atomic E-state index is 0.765. The van der Waals surface area contributed by atoms with Gasteiger partial charge >= 0.3 is 0 Å². The first-order chi connectivity index (χ1) is 9.36. The zero-order valence-corrected chi connectivity index (χ0v) is 10.7. The lowest BCUT2D eigenvalue weighted by molar-refractivity contribution is 1.18. The number of aryl methyl sites for hydroxylation is 1. The van der Waals surface area contributed by atoms with Crippen molar-refractivity contribution in [1.82, 2.24) is 9.97 Å². The Morgan fingerprint density at radius 1 is 0.632 bits per heavy atom. The van der Waals surface area contributed by atoms with Gasteiger partial charge in [-0.3, -0.25) is 0 Å². The van der Waals surface area contributed by atoms with Crippen molar-refractivity contribution < 1.29 is 0 Å². The first-order valence-corrected chi connectivity index (χ1v) is 6.28. The Bertz CT molecular complexity index is 690. The molecular weight excluding hydrogens is 232 g/mol. The van der Waals surface area contributed by atoms with Crippen LogP contribution < -0.4 is 0 Å². The van der Waals surface area contributed by atoms with Gasteiger partial charge < -0.3 is 0 Å².